The molecule has 11 nitrogen and oxygen atoms in total. The number of carbonyl (C=O) groups excluding carboxylic acids is 2. The molecule has 3 atom stereocenters. The first-order chi connectivity index (χ1) is 19.5. The van der Waals surface area contributed by atoms with Gasteiger partial charge in [0.1, 0.15) is 13.5 Å². The molecule has 2 amide bonds. The van der Waals surface area contributed by atoms with Gasteiger partial charge in [0, 0.05) is 61.1 Å². The van der Waals surface area contributed by atoms with E-state index in [1.54, 1.807) is 24.8 Å². The second-order valence-corrected chi connectivity index (χ2v) is 10.8. The zero-order valence-electron chi connectivity index (χ0n) is 21.9. The van der Waals surface area contributed by atoms with E-state index in [9.17, 15) is 9.59 Å². The summed E-state index contributed by atoms with van der Waals surface area (Å²) in [7, 11) is 5.72. The fourth-order valence-corrected chi connectivity index (χ4v) is 6.24. The van der Waals surface area contributed by atoms with Crippen LogP contribution in [0.1, 0.15) is 12.8 Å². The summed E-state index contributed by atoms with van der Waals surface area (Å²) in [4.78, 5) is 45.4. The SMILES string of the molecule is [B]c1cnc(N2C[C@@H]3C[C@H]2CN3C(=O)CN2CC[C@@H](C(=O)Nc3ccc4[nH]nc(-c5ccncc5)c4c3)C2)nc1. The molecular formula is C28H28BN9O2. The second kappa shape index (κ2) is 10.0. The van der Waals surface area contributed by atoms with E-state index in [1.165, 1.54) is 0 Å². The van der Waals surface area contributed by atoms with Crippen LogP contribution in [0.15, 0.2) is 55.1 Å². The average Bonchev–Trinajstić information content (AvgIpc) is 3.77. The summed E-state index contributed by atoms with van der Waals surface area (Å²) in [6.45, 7) is 3.04. The first-order valence-corrected chi connectivity index (χ1v) is 13.6. The van der Waals surface area contributed by atoms with Gasteiger partial charge < -0.3 is 15.1 Å². The van der Waals surface area contributed by atoms with Crippen LogP contribution in [0.2, 0.25) is 0 Å². The van der Waals surface area contributed by atoms with Crippen molar-refractivity contribution in [2.75, 3.05) is 42.9 Å². The largest absolute Gasteiger partial charge is 0.335 e. The number of pyridine rings is 1. The molecule has 2 N–H and O–H groups in total. The maximum atomic E-state index is 13.2. The number of hydrogen-bond acceptors (Lipinski definition) is 8. The van der Waals surface area contributed by atoms with Crippen LogP contribution in [0.4, 0.5) is 11.6 Å². The van der Waals surface area contributed by atoms with Crippen molar-refractivity contribution in [3.8, 4) is 11.3 Å². The molecule has 40 heavy (non-hydrogen) atoms. The summed E-state index contributed by atoms with van der Waals surface area (Å²) in [6, 6.07) is 9.96. The Balaban J connectivity index is 0.942. The number of nitrogens with zero attached hydrogens (tertiary/aromatic N) is 7. The molecule has 0 spiro atoms. The van der Waals surface area contributed by atoms with Crippen LogP contribution < -0.4 is 15.7 Å². The quantitative estimate of drug-likeness (QED) is 0.352. The summed E-state index contributed by atoms with van der Waals surface area (Å²) in [5.41, 5.74) is 3.94. The molecule has 3 fully saturated rings. The number of piperazine rings is 1. The van der Waals surface area contributed by atoms with Crippen LogP contribution in [0.3, 0.4) is 0 Å². The van der Waals surface area contributed by atoms with Crippen molar-refractivity contribution in [3.05, 3.63) is 55.1 Å². The van der Waals surface area contributed by atoms with E-state index < -0.39 is 0 Å². The average molecular weight is 533 g/mol. The van der Waals surface area contributed by atoms with Gasteiger partial charge >= 0.3 is 0 Å². The predicted molar refractivity (Wildman–Crippen MR) is 151 cm³/mol. The molecule has 200 valence electrons. The van der Waals surface area contributed by atoms with Gasteiger partial charge in [-0.05, 0) is 49.7 Å². The van der Waals surface area contributed by atoms with Gasteiger partial charge in [-0.25, -0.2) is 9.97 Å². The van der Waals surface area contributed by atoms with Gasteiger partial charge in [0.15, 0.2) is 0 Å². The van der Waals surface area contributed by atoms with Gasteiger partial charge in [-0.3, -0.25) is 24.6 Å². The number of hydrogen-bond donors (Lipinski definition) is 2. The smallest absolute Gasteiger partial charge is 0.237 e. The number of aromatic nitrogens is 5. The van der Waals surface area contributed by atoms with E-state index in [0.29, 0.717) is 31.0 Å². The lowest BCUT2D eigenvalue weighted by Gasteiger charge is -2.35. The fraction of sp³-hybridized carbons (Fsp3) is 0.357. The van der Waals surface area contributed by atoms with E-state index in [-0.39, 0.29) is 29.8 Å². The van der Waals surface area contributed by atoms with E-state index in [2.05, 4.69) is 40.3 Å². The van der Waals surface area contributed by atoms with Crippen molar-refractivity contribution in [1.82, 2.24) is 34.9 Å². The zero-order valence-corrected chi connectivity index (χ0v) is 21.9. The first kappa shape index (κ1) is 24.7. The molecule has 7 rings (SSSR count). The van der Waals surface area contributed by atoms with Crippen LogP contribution >= 0.6 is 0 Å². The van der Waals surface area contributed by atoms with E-state index in [1.807, 2.05) is 35.2 Å². The number of benzene rings is 1. The number of rotatable bonds is 6. The molecule has 0 unspecified atom stereocenters. The Morgan fingerprint density at radius 3 is 2.65 bits per heavy atom. The number of carbonyl (C=O) groups is 2. The Kier molecular flexibility index (Phi) is 6.19. The molecule has 2 radical (unpaired) electrons. The Labute approximate surface area is 232 Å². The topological polar surface area (TPSA) is 123 Å². The third-order valence-electron chi connectivity index (χ3n) is 8.26. The minimum atomic E-state index is -0.166. The van der Waals surface area contributed by atoms with Gasteiger partial charge in [0.2, 0.25) is 17.8 Å². The molecule has 4 aromatic rings. The highest BCUT2D eigenvalue weighted by molar-refractivity contribution is 6.31. The van der Waals surface area contributed by atoms with Gasteiger partial charge in [-0.1, -0.05) is 5.46 Å². The van der Waals surface area contributed by atoms with Crippen LogP contribution in [-0.4, -0.2) is 99.4 Å². The Morgan fingerprint density at radius 2 is 1.88 bits per heavy atom. The molecule has 0 saturated carbocycles. The second-order valence-electron chi connectivity index (χ2n) is 10.8. The monoisotopic (exact) mass is 533 g/mol. The molecule has 3 aliphatic heterocycles. The van der Waals surface area contributed by atoms with E-state index in [4.69, 9.17) is 7.85 Å². The number of amides is 2. The maximum absolute atomic E-state index is 13.2. The third kappa shape index (κ3) is 4.58. The molecule has 3 saturated heterocycles. The highest BCUT2D eigenvalue weighted by atomic mass is 16.2. The van der Waals surface area contributed by atoms with Crippen LogP contribution in [-0.2, 0) is 9.59 Å². The van der Waals surface area contributed by atoms with E-state index >= 15 is 0 Å². The molecule has 6 heterocycles. The van der Waals surface area contributed by atoms with Crippen molar-refractivity contribution in [3.63, 3.8) is 0 Å². The number of H-pyrrole nitrogens is 1. The first-order valence-electron chi connectivity index (χ1n) is 13.6. The van der Waals surface area contributed by atoms with Gasteiger partial charge in [-0.2, -0.15) is 5.10 Å². The third-order valence-corrected chi connectivity index (χ3v) is 8.26. The summed E-state index contributed by atoms with van der Waals surface area (Å²) in [5, 5.41) is 11.5. The number of anilines is 2. The lowest BCUT2D eigenvalue weighted by atomic mass is 10.0. The standard InChI is InChI=1S/C28H28BN9O2/c29-19-11-31-28(32-12-19)38-15-21-10-22(38)14-37(21)25(39)16-36-8-5-18(13-36)27(40)33-20-1-2-24-23(9-20)26(35-34-24)17-3-6-30-7-4-17/h1-4,6-7,9,11-12,18,21-22H,5,8,10,13-16H2,(H,33,40)(H,34,35)/t18-,21+,22+/m1/s1. The van der Waals surface area contributed by atoms with Gasteiger partial charge in [0.05, 0.1) is 30.1 Å². The van der Waals surface area contributed by atoms with Crippen molar-refractivity contribution in [2.45, 2.75) is 24.9 Å². The summed E-state index contributed by atoms with van der Waals surface area (Å²) in [6.07, 6.45) is 8.35. The normalized spacial score (nSPS) is 22.4. The van der Waals surface area contributed by atoms with Crippen molar-refractivity contribution >= 4 is 47.7 Å². The minimum absolute atomic E-state index is 0.0253. The lowest BCUT2D eigenvalue weighted by molar-refractivity contribution is -0.133. The molecule has 3 aliphatic rings. The number of fused-ring (bicyclic) bond motifs is 3. The maximum Gasteiger partial charge on any atom is 0.237 e. The van der Waals surface area contributed by atoms with Crippen LogP contribution in [0.5, 0.6) is 0 Å². The number of aromatic amines is 1. The fourth-order valence-electron chi connectivity index (χ4n) is 6.24. The Bertz CT molecular complexity index is 1560. The molecule has 1 aromatic carbocycles. The Hall–Kier alpha value is -4.32. The minimum Gasteiger partial charge on any atom is -0.335 e. The van der Waals surface area contributed by atoms with Gasteiger partial charge in [-0.15, -0.1) is 0 Å². The van der Waals surface area contributed by atoms with Crippen molar-refractivity contribution < 1.29 is 9.59 Å². The van der Waals surface area contributed by atoms with Crippen molar-refractivity contribution in [1.29, 1.82) is 0 Å². The highest BCUT2D eigenvalue weighted by Gasteiger charge is 2.46. The van der Waals surface area contributed by atoms with E-state index in [0.717, 1.165) is 53.8 Å². The molecule has 12 heteroatoms. The van der Waals surface area contributed by atoms with Crippen molar-refractivity contribution in [2.24, 2.45) is 5.92 Å². The summed E-state index contributed by atoms with van der Waals surface area (Å²) >= 11 is 0. The lowest BCUT2D eigenvalue weighted by Crippen LogP contribution is -2.51. The summed E-state index contributed by atoms with van der Waals surface area (Å²) < 4.78 is 0. The Morgan fingerprint density at radius 1 is 1.05 bits per heavy atom. The zero-order chi connectivity index (χ0) is 27.2. The molecular weight excluding hydrogens is 505 g/mol. The molecule has 0 aliphatic carbocycles. The summed E-state index contributed by atoms with van der Waals surface area (Å²) in [5.74, 6) is 0.603. The van der Waals surface area contributed by atoms with Crippen LogP contribution in [0.25, 0.3) is 22.2 Å². The predicted octanol–water partition coefficient (Wildman–Crippen LogP) is 0.959. The van der Waals surface area contributed by atoms with Crippen LogP contribution in [0, 0.1) is 5.92 Å². The highest BCUT2D eigenvalue weighted by Crippen LogP contribution is 2.33. The molecule has 3 aromatic heterocycles. The molecule has 2 bridgehead atoms. The number of nitrogens with one attached hydrogen (secondary N) is 2. The number of likely N-dealkylation sites (tertiary alicyclic amines) is 2. The van der Waals surface area contributed by atoms with Gasteiger partial charge in [0.25, 0.3) is 0 Å².